The quantitative estimate of drug-likeness (QED) is 0.904. The highest BCUT2D eigenvalue weighted by molar-refractivity contribution is 7.91. The van der Waals surface area contributed by atoms with Crippen molar-refractivity contribution >= 4 is 33.0 Å². The molecule has 7 heteroatoms. The molecule has 0 bridgehead atoms. The van der Waals surface area contributed by atoms with E-state index in [-0.39, 0.29) is 16.9 Å². The highest BCUT2D eigenvalue weighted by Gasteiger charge is 2.27. The first-order valence-electron chi connectivity index (χ1n) is 6.28. The van der Waals surface area contributed by atoms with Crippen molar-refractivity contribution in [3.05, 3.63) is 51.9 Å². The van der Waals surface area contributed by atoms with Crippen molar-refractivity contribution in [1.29, 1.82) is 0 Å². The van der Waals surface area contributed by atoms with Gasteiger partial charge in [-0.05, 0) is 41.6 Å². The van der Waals surface area contributed by atoms with Crippen LogP contribution in [-0.4, -0.2) is 24.9 Å². The molecule has 0 aliphatic heterocycles. The number of hydrogen-bond acceptors (Lipinski definition) is 4. The molecule has 0 saturated heterocycles. The third-order valence-corrected chi connectivity index (χ3v) is 6.99. The lowest BCUT2D eigenvalue weighted by atomic mass is 10.1. The van der Waals surface area contributed by atoms with Gasteiger partial charge in [-0.25, -0.2) is 8.42 Å². The summed E-state index contributed by atoms with van der Waals surface area (Å²) in [5.74, 6) is 0. The Morgan fingerprint density at radius 2 is 1.95 bits per heavy atom. The Bertz CT molecular complexity index is 710. The topological polar surface area (TPSA) is 57.6 Å². The molecule has 0 aliphatic rings. The first-order valence-corrected chi connectivity index (χ1v) is 8.98. The highest BCUT2D eigenvalue weighted by Crippen LogP contribution is 2.29. The molecule has 0 aliphatic carbocycles. The SMILES string of the molecule is CC(c1ccc(Cl)cc1)N(C)S(=O)(=O)c1cc(CO)cs1. The van der Waals surface area contributed by atoms with E-state index in [0.29, 0.717) is 10.6 Å². The Kier molecular flexibility index (Phi) is 5.06. The van der Waals surface area contributed by atoms with Gasteiger partial charge in [-0.1, -0.05) is 23.7 Å². The van der Waals surface area contributed by atoms with E-state index in [1.54, 1.807) is 24.6 Å². The maximum Gasteiger partial charge on any atom is 0.252 e. The van der Waals surface area contributed by atoms with Crippen molar-refractivity contribution in [3.8, 4) is 0 Å². The zero-order chi connectivity index (χ0) is 15.6. The van der Waals surface area contributed by atoms with Crippen LogP contribution in [0.2, 0.25) is 5.02 Å². The van der Waals surface area contributed by atoms with Crippen LogP contribution < -0.4 is 0 Å². The van der Waals surface area contributed by atoms with E-state index in [0.717, 1.165) is 16.9 Å². The number of aliphatic hydroxyl groups is 1. The van der Waals surface area contributed by atoms with Gasteiger partial charge in [0.05, 0.1) is 6.61 Å². The smallest absolute Gasteiger partial charge is 0.252 e. The second-order valence-electron chi connectivity index (χ2n) is 4.68. The Labute approximate surface area is 133 Å². The number of sulfonamides is 1. The molecule has 1 N–H and O–H groups in total. The predicted molar refractivity (Wildman–Crippen MR) is 85.1 cm³/mol. The molecule has 2 aromatic rings. The predicted octanol–water partition coefficient (Wildman–Crippen LogP) is 3.28. The fourth-order valence-corrected chi connectivity index (χ4v) is 4.73. The van der Waals surface area contributed by atoms with Crippen molar-refractivity contribution < 1.29 is 13.5 Å². The Hall–Kier alpha value is -0.920. The molecule has 0 saturated carbocycles. The number of hydrogen-bond donors (Lipinski definition) is 1. The monoisotopic (exact) mass is 345 g/mol. The van der Waals surface area contributed by atoms with Gasteiger partial charge in [0.1, 0.15) is 4.21 Å². The van der Waals surface area contributed by atoms with Crippen LogP contribution >= 0.6 is 22.9 Å². The van der Waals surface area contributed by atoms with E-state index in [9.17, 15) is 8.42 Å². The summed E-state index contributed by atoms with van der Waals surface area (Å²) in [6.07, 6.45) is 0. The molecule has 1 aromatic heterocycles. The highest BCUT2D eigenvalue weighted by atomic mass is 35.5. The number of rotatable bonds is 5. The van der Waals surface area contributed by atoms with Crippen LogP contribution in [0, 0.1) is 0 Å². The van der Waals surface area contributed by atoms with E-state index in [2.05, 4.69) is 0 Å². The third kappa shape index (κ3) is 3.46. The van der Waals surface area contributed by atoms with Crippen LogP contribution in [0.1, 0.15) is 24.1 Å². The molecule has 0 spiro atoms. The first-order chi connectivity index (χ1) is 9.86. The minimum absolute atomic E-state index is 0.164. The molecule has 1 heterocycles. The summed E-state index contributed by atoms with van der Waals surface area (Å²) in [6, 6.07) is 8.29. The van der Waals surface area contributed by atoms with E-state index in [1.165, 1.54) is 10.4 Å². The normalized spacial score (nSPS) is 13.6. The average molecular weight is 346 g/mol. The van der Waals surface area contributed by atoms with Gasteiger partial charge in [-0.15, -0.1) is 11.3 Å². The van der Waals surface area contributed by atoms with Gasteiger partial charge in [0.25, 0.3) is 10.0 Å². The molecule has 1 unspecified atom stereocenters. The fourth-order valence-electron chi connectivity index (χ4n) is 1.87. The second kappa shape index (κ2) is 6.46. The molecular formula is C14H16ClNO3S2. The van der Waals surface area contributed by atoms with Gasteiger partial charge < -0.3 is 5.11 Å². The summed E-state index contributed by atoms with van der Waals surface area (Å²) >= 11 is 6.96. The number of aliphatic hydroxyl groups excluding tert-OH is 1. The number of halogens is 1. The number of thiophene rings is 1. The molecular weight excluding hydrogens is 330 g/mol. The zero-order valence-electron chi connectivity index (χ0n) is 11.7. The molecule has 21 heavy (non-hydrogen) atoms. The summed E-state index contributed by atoms with van der Waals surface area (Å²) in [5.41, 5.74) is 1.47. The van der Waals surface area contributed by atoms with Gasteiger partial charge in [0.2, 0.25) is 0 Å². The maximum absolute atomic E-state index is 12.6. The summed E-state index contributed by atoms with van der Waals surface area (Å²) in [5, 5.41) is 11.3. The Morgan fingerprint density at radius 1 is 1.33 bits per heavy atom. The Balaban J connectivity index is 2.28. The molecule has 0 amide bonds. The lowest BCUT2D eigenvalue weighted by molar-refractivity contribution is 0.282. The summed E-state index contributed by atoms with van der Waals surface area (Å²) in [6.45, 7) is 1.66. The molecule has 0 fully saturated rings. The van der Waals surface area contributed by atoms with Crippen LogP contribution in [0.15, 0.2) is 39.9 Å². The van der Waals surface area contributed by atoms with Crippen molar-refractivity contribution in [1.82, 2.24) is 4.31 Å². The molecule has 0 radical (unpaired) electrons. The Morgan fingerprint density at radius 3 is 2.48 bits per heavy atom. The van der Waals surface area contributed by atoms with Crippen LogP contribution in [0.4, 0.5) is 0 Å². The van der Waals surface area contributed by atoms with Gasteiger partial charge in [0.15, 0.2) is 0 Å². The second-order valence-corrected chi connectivity index (χ2v) is 8.25. The summed E-state index contributed by atoms with van der Waals surface area (Å²) < 4.78 is 26.7. The summed E-state index contributed by atoms with van der Waals surface area (Å²) in [4.78, 5) is 0. The van der Waals surface area contributed by atoms with E-state index < -0.39 is 10.0 Å². The van der Waals surface area contributed by atoms with Gasteiger partial charge in [-0.3, -0.25) is 0 Å². The molecule has 1 atom stereocenters. The minimum Gasteiger partial charge on any atom is -0.392 e. The minimum atomic E-state index is -3.58. The maximum atomic E-state index is 12.6. The molecule has 1 aromatic carbocycles. The molecule has 4 nitrogen and oxygen atoms in total. The number of benzene rings is 1. The van der Waals surface area contributed by atoms with Crippen molar-refractivity contribution in [2.24, 2.45) is 0 Å². The van der Waals surface area contributed by atoms with Crippen LogP contribution in [-0.2, 0) is 16.6 Å². The molecule has 114 valence electrons. The molecule has 2 rings (SSSR count). The van der Waals surface area contributed by atoms with Gasteiger partial charge >= 0.3 is 0 Å². The zero-order valence-corrected chi connectivity index (χ0v) is 14.0. The van der Waals surface area contributed by atoms with Gasteiger partial charge in [-0.2, -0.15) is 4.31 Å². The van der Waals surface area contributed by atoms with Crippen molar-refractivity contribution in [2.45, 2.75) is 23.8 Å². The number of nitrogens with zero attached hydrogens (tertiary/aromatic N) is 1. The van der Waals surface area contributed by atoms with E-state index in [1.807, 2.05) is 19.1 Å². The third-order valence-electron chi connectivity index (χ3n) is 3.34. The summed E-state index contributed by atoms with van der Waals surface area (Å²) in [7, 11) is -2.03. The van der Waals surface area contributed by atoms with E-state index in [4.69, 9.17) is 16.7 Å². The van der Waals surface area contributed by atoms with Gasteiger partial charge in [0, 0.05) is 18.1 Å². The van der Waals surface area contributed by atoms with E-state index >= 15 is 0 Å². The largest absolute Gasteiger partial charge is 0.392 e. The van der Waals surface area contributed by atoms with Crippen molar-refractivity contribution in [2.75, 3.05) is 7.05 Å². The fraction of sp³-hybridized carbons (Fsp3) is 0.286. The van der Waals surface area contributed by atoms with Crippen molar-refractivity contribution in [3.63, 3.8) is 0 Å². The van der Waals surface area contributed by atoms with Crippen LogP contribution in [0.5, 0.6) is 0 Å². The first kappa shape index (κ1) is 16.5. The average Bonchev–Trinajstić information content (AvgIpc) is 2.96. The lowest BCUT2D eigenvalue weighted by Gasteiger charge is -2.24. The van der Waals surface area contributed by atoms with Crippen LogP contribution in [0.3, 0.4) is 0 Å². The standard InChI is InChI=1S/C14H16ClNO3S2/c1-10(12-3-5-13(15)6-4-12)16(2)21(18,19)14-7-11(8-17)9-20-14/h3-7,9-10,17H,8H2,1-2H3. The lowest BCUT2D eigenvalue weighted by Crippen LogP contribution is -2.29. The van der Waals surface area contributed by atoms with Crippen LogP contribution in [0.25, 0.3) is 0 Å².